The van der Waals surface area contributed by atoms with E-state index in [1.54, 1.807) is 32.2 Å². The fourth-order valence-electron chi connectivity index (χ4n) is 3.09. The predicted octanol–water partition coefficient (Wildman–Crippen LogP) is 2.92. The van der Waals surface area contributed by atoms with Gasteiger partial charge in [-0.1, -0.05) is 18.3 Å². The molecule has 10 heteroatoms. The van der Waals surface area contributed by atoms with Crippen LogP contribution in [0.5, 0.6) is 0 Å². The normalized spacial score (nSPS) is 12.7. The Bertz CT molecular complexity index is 1220. The van der Waals surface area contributed by atoms with E-state index in [4.69, 9.17) is 0 Å². The molecule has 0 aliphatic rings. The second-order valence-electron chi connectivity index (χ2n) is 6.56. The van der Waals surface area contributed by atoms with Crippen molar-refractivity contribution in [2.45, 2.75) is 19.4 Å². The molecule has 7 nitrogen and oxygen atoms in total. The summed E-state index contributed by atoms with van der Waals surface area (Å²) in [6, 6.07) is 8.95. The van der Waals surface area contributed by atoms with Crippen LogP contribution in [0.3, 0.4) is 0 Å². The van der Waals surface area contributed by atoms with Crippen LogP contribution < -0.4 is 14.5 Å². The van der Waals surface area contributed by atoms with Crippen LogP contribution in [0.4, 0.5) is 15.8 Å². The zero-order valence-corrected chi connectivity index (χ0v) is 17.7. The van der Waals surface area contributed by atoms with Crippen LogP contribution in [-0.4, -0.2) is 31.2 Å². The summed E-state index contributed by atoms with van der Waals surface area (Å²) in [5.74, 6) is -1.03. The number of thiazole rings is 1. The van der Waals surface area contributed by atoms with E-state index < -0.39 is 27.8 Å². The van der Waals surface area contributed by atoms with Crippen molar-refractivity contribution in [2.24, 2.45) is 7.05 Å². The average Bonchev–Trinajstić information content (AvgIpc) is 2.93. The van der Waals surface area contributed by atoms with E-state index in [2.05, 4.69) is 5.32 Å². The van der Waals surface area contributed by atoms with E-state index >= 15 is 0 Å². The van der Waals surface area contributed by atoms with Crippen LogP contribution in [0.2, 0.25) is 0 Å². The number of aromatic nitrogens is 1. The topological polar surface area (TPSA) is 88.5 Å². The number of rotatable bonds is 6. The van der Waals surface area contributed by atoms with Crippen LogP contribution >= 0.6 is 11.3 Å². The first-order chi connectivity index (χ1) is 13.6. The lowest BCUT2D eigenvalue weighted by Gasteiger charge is -2.30. The van der Waals surface area contributed by atoms with Gasteiger partial charge in [-0.25, -0.2) is 12.8 Å². The molecule has 1 aromatic heterocycles. The molecular weight excluding hydrogens is 417 g/mol. The van der Waals surface area contributed by atoms with E-state index in [1.807, 2.05) is 0 Å². The Balaban J connectivity index is 1.93. The van der Waals surface area contributed by atoms with Gasteiger partial charge in [-0.05, 0) is 48.9 Å². The number of carbonyl (C=O) groups is 1. The molecule has 0 aliphatic heterocycles. The highest BCUT2D eigenvalue weighted by Gasteiger charge is 2.31. The summed E-state index contributed by atoms with van der Waals surface area (Å²) in [7, 11) is -2.14. The number of nitrogens with one attached hydrogen (secondary N) is 1. The maximum absolute atomic E-state index is 13.3. The first-order valence-electron chi connectivity index (χ1n) is 8.77. The van der Waals surface area contributed by atoms with Crippen molar-refractivity contribution in [3.63, 3.8) is 0 Å². The summed E-state index contributed by atoms with van der Waals surface area (Å²) in [5, 5.41) is 2.72. The molecule has 0 saturated carbocycles. The number of hydrogen-bond acceptors (Lipinski definition) is 5. The molecule has 0 bridgehead atoms. The van der Waals surface area contributed by atoms with Crippen LogP contribution in [0.25, 0.3) is 10.2 Å². The smallest absolute Gasteiger partial charge is 0.307 e. The third-order valence-corrected chi connectivity index (χ3v) is 6.65. The Morgan fingerprint density at radius 3 is 2.48 bits per heavy atom. The third kappa shape index (κ3) is 4.33. The minimum Gasteiger partial charge on any atom is -0.324 e. The molecule has 154 valence electrons. The number of carbonyl (C=O) groups excluding carboxylic acids is 1. The number of halogens is 1. The summed E-state index contributed by atoms with van der Waals surface area (Å²) in [6.45, 7) is 1.69. The van der Waals surface area contributed by atoms with E-state index in [-0.39, 0.29) is 17.0 Å². The highest BCUT2D eigenvalue weighted by Crippen LogP contribution is 2.25. The molecule has 29 heavy (non-hydrogen) atoms. The zero-order chi connectivity index (χ0) is 21.3. The van der Waals surface area contributed by atoms with E-state index in [0.29, 0.717) is 10.4 Å². The fraction of sp³-hybridized carbons (Fsp3) is 0.263. The van der Waals surface area contributed by atoms with Gasteiger partial charge in [0.2, 0.25) is 15.9 Å². The molecule has 0 saturated heterocycles. The van der Waals surface area contributed by atoms with Gasteiger partial charge in [0.15, 0.2) is 0 Å². The number of fused-ring (bicyclic) bond motifs is 1. The second-order valence-corrected chi connectivity index (χ2v) is 9.41. The lowest BCUT2D eigenvalue weighted by atomic mass is 10.1. The third-order valence-electron chi connectivity index (χ3n) is 4.47. The maximum Gasteiger partial charge on any atom is 0.307 e. The monoisotopic (exact) mass is 437 g/mol. The quantitative estimate of drug-likeness (QED) is 0.642. The molecule has 3 rings (SSSR count). The Labute approximate surface area is 171 Å². The minimum atomic E-state index is -3.81. The Morgan fingerprint density at radius 2 is 1.90 bits per heavy atom. The van der Waals surface area contributed by atoms with Crippen molar-refractivity contribution in [3.8, 4) is 0 Å². The molecule has 1 unspecified atom stereocenters. The summed E-state index contributed by atoms with van der Waals surface area (Å²) < 4.78 is 41.3. The van der Waals surface area contributed by atoms with Crippen LogP contribution in [-0.2, 0) is 21.9 Å². The number of aryl methyl sites for hydroxylation is 1. The van der Waals surface area contributed by atoms with Crippen molar-refractivity contribution in [1.29, 1.82) is 0 Å². The average molecular weight is 438 g/mol. The largest absolute Gasteiger partial charge is 0.324 e. The SMILES string of the molecule is CCC(C(=O)Nc1ccc2c(c1)sc(=O)n2C)N(c1ccc(F)cc1)S(C)(=O)=O. The van der Waals surface area contributed by atoms with Crippen molar-refractivity contribution in [1.82, 2.24) is 4.57 Å². The molecule has 1 heterocycles. The Morgan fingerprint density at radius 1 is 1.24 bits per heavy atom. The predicted molar refractivity (Wildman–Crippen MR) is 113 cm³/mol. The summed E-state index contributed by atoms with van der Waals surface area (Å²) >= 11 is 1.06. The lowest BCUT2D eigenvalue weighted by Crippen LogP contribution is -2.47. The van der Waals surface area contributed by atoms with Crippen molar-refractivity contribution in [3.05, 3.63) is 57.9 Å². The van der Waals surface area contributed by atoms with Gasteiger partial charge in [-0.3, -0.25) is 13.9 Å². The molecule has 1 amide bonds. The van der Waals surface area contributed by atoms with Crippen molar-refractivity contribution < 1.29 is 17.6 Å². The van der Waals surface area contributed by atoms with Crippen LogP contribution in [0.15, 0.2) is 47.3 Å². The van der Waals surface area contributed by atoms with Crippen LogP contribution in [0.1, 0.15) is 13.3 Å². The summed E-state index contributed by atoms with van der Waals surface area (Å²) in [5.41, 5.74) is 1.40. The zero-order valence-electron chi connectivity index (χ0n) is 16.0. The molecule has 0 radical (unpaired) electrons. The highest BCUT2D eigenvalue weighted by molar-refractivity contribution is 7.92. The molecule has 3 aromatic rings. The number of sulfonamides is 1. The Hall–Kier alpha value is -2.72. The van der Waals surface area contributed by atoms with E-state index in [9.17, 15) is 22.4 Å². The van der Waals surface area contributed by atoms with Gasteiger partial charge in [-0.15, -0.1) is 0 Å². The molecule has 0 fully saturated rings. The van der Waals surface area contributed by atoms with E-state index in [1.165, 1.54) is 16.7 Å². The fourth-order valence-corrected chi connectivity index (χ4v) is 5.22. The number of benzene rings is 2. The van der Waals surface area contributed by atoms with Crippen LogP contribution in [0, 0.1) is 5.82 Å². The van der Waals surface area contributed by atoms with Crippen molar-refractivity contribution in [2.75, 3.05) is 15.9 Å². The molecule has 1 N–H and O–H groups in total. The minimum absolute atomic E-state index is 0.116. The van der Waals surface area contributed by atoms with Gasteiger partial charge >= 0.3 is 4.87 Å². The van der Waals surface area contributed by atoms with Gasteiger partial charge in [0.25, 0.3) is 0 Å². The van der Waals surface area contributed by atoms with Gasteiger partial charge in [0.05, 0.1) is 22.2 Å². The van der Waals surface area contributed by atoms with Gasteiger partial charge in [-0.2, -0.15) is 0 Å². The van der Waals surface area contributed by atoms with E-state index in [0.717, 1.165) is 39.5 Å². The standard InChI is InChI=1S/C19H20FN3O4S2/c1-4-15(23(29(3,26)27)14-8-5-12(20)6-9-14)18(24)21-13-7-10-16-17(11-13)28-19(25)22(16)2/h5-11,15H,4H2,1-3H3,(H,21,24). The molecule has 2 aromatic carbocycles. The second kappa shape index (κ2) is 7.96. The number of amides is 1. The molecule has 0 aliphatic carbocycles. The molecule has 1 atom stereocenters. The first-order valence-corrected chi connectivity index (χ1v) is 11.4. The summed E-state index contributed by atoms with van der Waals surface area (Å²) in [6.07, 6.45) is 1.21. The molecular formula is C19H20FN3O4S2. The van der Waals surface area contributed by atoms with Crippen molar-refractivity contribution >= 4 is 48.9 Å². The maximum atomic E-state index is 13.3. The number of hydrogen-bond donors (Lipinski definition) is 1. The lowest BCUT2D eigenvalue weighted by molar-refractivity contribution is -0.117. The highest BCUT2D eigenvalue weighted by atomic mass is 32.2. The number of anilines is 2. The van der Waals surface area contributed by atoms with Gasteiger partial charge in [0.1, 0.15) is 11.9 Å². The van der Waals surface area contributed by atoms with Gasteiger partial charge in [0, 0.05) is 12.7 Å². The first kappa shape index (κ1) is 21.0. The Kier molecular flexibility index (Phi) is 5.76. The van der Waals surface area contributed by atoms with Gasteiger partial charge < -0.3 is 9.88 Å². The summed E-state index contributed by atoms with van der Waals surface area (Å²) in [4.78, 5) is 24.6. The number of nitrogens with zero attached hydrogens (tertiary/aromatic N) is 2. The molecule has 0 spiro atoms.